The van der Waals surface area contributed by atoms with Crippen LogP contribution in [0.15, 0.2) is 48.5 Å². The molecule has 0 spiro atoms. The summed E-state index contributed by atoms with van der Waals surface area (Å²) < 4.78 is 31.9. The zero-order valence-corrected chi connectivity index (χ0v) is 15.0. The van der Waals surface area contributed by atoms with Crippen molar-refractivity contribution in [2.45, 2.75) is 20.0 Å². The lowest BCUT2D eigenvalue weighted by molar-refractivity contribution is -0.123. The number of aryl methyl sites for hydroxylation is 1. The average molecular weight is 386 g/mol. The summed E-state index contributed by atoms with van der Waals surface area (Å²) in [7, 11) is 0. The van der Waals surface area contributed by atoms with E-state index in [1.165, 1.54) is 11.7 Å². The average Bonchev–Trinajstić information content (AvgIpc) is 3.07. The third kappa shape index (κ3) is 4.20. The van der Waals surface area contributed by atoms with Crippen molar-refractivity contribution in [1.82, 2.24) is 15.0 Å². The van der Waals surface area contributed by atoms with Gasteiger partial charge in [0.15, 0.2) is 11.8 Å². The van der Waals surface area contributed by atoms with E-state index in [4.69, 9.17) is 4.74 Å². The van der Waals surface area contributed by atoms with E-state index < -0.39 is 29.6 Å². The molecule has 1 atom stereocenters. The van der Waals surface area contributed by atoms with E-state index in [9.17, 15) is 18.4 Å². The summed E-state index contributed by atoms with van der Waals surface area (Å²) in [5.74, 6) is -3.20. The molecule has 144 valence electrons. The van der Waals surface area contributed by atoms with Crippen LogP contribution >= 0.6 is 0 Å². The van der Waals surface area contributed by atoms with E-state index in [0.29, 0.717) is 11.4 Å². The molecule has 0 aliphatic rings. The van der Waals surface area contributed by atoms with Crippen molar-refractivity contribution in [2.75, 3.05) is 5.32 Å². The second-order valence-corrected chi connectivity index (χ2v) is 5.92. The number of nitrogens with one attached hydrogen (secondary N) is 1. The number of anilines is 1. The molecule has 3 aromatic rings. The second kappa shape index (κ2) is 7.95. The first kappa shape index (κ1) is 19.2. The number of carbonyl (C=O) groups excluding carboxylic acids is 2. The van der Waals surface area contributed by atoms with Gasteiger partial charge in [0.25, 0.3) is 5.91 Å². The van der Waals surface area contributed by atoms with E-state index in [1.54, 1.807) is 31.2 Å². The van der Waals surface area contributed by atoms with Crippen LogP contribution in [0.3, 0.4) is 0 Å². The van der Waals surface area contributed by atoms with Gasteiger partial charge in [0.1, 0.15) is 11.6 Å². The lowest BCUT2D eigenvalue weighted by atomic mass is 10.2. The highest BCUT2D eigenvalue weighted by Crippen LogP contribution is 2.16. The number of carbonyl (C=O) groups is 2. The quantitative estimate of drug-likeness (QED) is 0.681. The highest BCUT2D eigenvalue weighted by molar-refractivity contribution is 5.97. The predicted molar refractivity (Wildman–Crippen MR) is 96.0 cm³/mol. The van der Waals surface area contributed by atoms with Crippen LogP contribution in [0.4, 0.5) is 14.5 Å². The fourth-order valence-electron chi connectivity index (χ4n) is 2.34. The number of hydrogen-bond acceptors (Lipinski definition) is 5. The summed E-state index contributed by atoms with van der Waals surface area (Å²) >= 11 is 0. The van der Waals surface area contributed by atoms with Crippen LogP contribution in [-0.2, 0) is 9.53 Å². The van der Waals surface area contributed by atoms with Crippen LogP contribution in [0.1, 0.15) is 23.1 Å². The molecule has 0 aliphatic carbocycles. The van der Waals surface area contributed by atoms with E-state index in [2.05, 4.69) is 15.5 Å². The topological polar surface area (TPSA) is 86.1 Å². The number of para-hydroxylation sites is 1. The first-order chi connectivity index (χ1) is 13.3. The monoisotopic (exact) mass is 386 g/mol. The van der Waals surface area contributed by atoms with Gasteiger partial charge in [-0.2, -0.15) is 9.90 Å². The molecule has 9 heteroatoms. The van der Waals surface area contributed by atoms with Gasteiger partial charge in [-0.1, -0.05) is 18.2 Å². The number of ether oxygens (including phenoxy) is 1. The predicted octanol–water partition coefficient (Wildman–Crippen LogP) is 3.04. The van der Waals surface area contributed by atoms with Gasteiger partial charge in [0, 0.05) is 6.07 Å². The number of halogens is 2. The maximum absolute atomic E-state index is 13.6. The Kier molecular flexibility index (Phi) is 5.44. The third-order valence-electron chi connectivity index (χ3n) is 3.80. The minimum absolute atomic E-state index is 0.0551. The van der Waals surface area contributed by atoms with Crippen molar-refractivity contribution in [2.24, 2.45) is 0 Å². The van der Waals surface area contributed by atoms with E-state index in [0.717, 1.165) is 18.2 Å². The summed E-state index contributed by atoms with van der Waals surface area (Å²) in [5.41, 5.74) is 0.564. The van der Waals surface area contributed by atoms with Crippen molar-refractivity contribution in [3.63, 3.8) is 0 Å². The van der Waals surface area contributed by atoms with Crippen LogP contribution in [-0.4, -0.2) is 33.0 Å². The van der Waals surface area contributed by atoms with Gasteiger partial charge in [0.05, 0.1) is 17.1 Å². The number of nitrogens with zero attached hydrogens (tertiary/aromatic N) is 3. The molecule has 0 fully saturated rings. The molecule has 1 aromatic heterocycles. The highest BCUT2D eigenvalue weighted by atomic mass is 19.1. The zero-order chi connectivity index (χ0) is 20.3. The van der Waals surface area contributed by atoms with Gasteiger partial charge in [-0.25, -0.2) is 13.6 Å². The van der Waals surface area contributed by atoms with Crippen molar-refractivity contribution in [3.05, 3.63) is 71.6 Å². The molecule has 1 heterocycles. The number of aromatic nitrogens is 3. The molecular weight excluding hydrogens is 370 g/mol. The lowest BCUT2D eigenvalue weighted by Gasteiger charge is -2.13. The van der Waals surface area contributed by atoms with Gasteiger partial charge in [-0.15, -0.1) is 5.10 Å². The fourth-order valence-corrected chi connectivity index (χ4v) is 2.34. The molecule has 0 saturated carbocycles. The van der Waals surface area contributed by atoms with E-state index in [1.807, 2.05) is 6.07 Å². The first-order valence-corrected chi connectivity index (χ1v) is 8.31. The number of amides is 1. The van der Waals surface area contributed by atoms with Crippen LogP contribution in [0.5, 0.6) is 0 Å². The Hall–Kier alpha value is -3.62. The Labute approximate surface area is 158 Å². The Bertz CT molecular complexity index is 1020. The molecule has 0 unspecified atom stereocenters. The molecule has 1 amide bonds. The van der Waals surface area contributed by atoms with Crippen molar-refractivity contribution in [1.29, 1.82) is 0 Å². The summed E-state index contributed by atoms with van der Waals surface area (Å²) in [6.07, 6.45) is -1.27. The molecule has 0 aliphatic heterocycles. The molecular formula is C19H16F2N4O3. The Balaban J connectivity index is 1.69. The Morgan fingerprint density at radius 1 is 1.11 bits per heavy atom. The molecule has 0 saturated heterocycles. The van der Waals surface area contributed by atoms with Crippen LogP contribution in [0.2, 0.25) is 0 Å². The maximum atomic E-state index is 13.6. The van der Waals surface area contributed by atoms with Crippen molar-refractivity contribution >= 4 is 17.6 Å². The standard InChI is InChI=1S/C19H16F2N4O3/c1-11-17(24-25(23-11)14-6-4-3-5-7-14)19(27)28-12(2)18(26)22-16-10-13(20)8-9-15(16)21/h3-10,12H,1-2H3,(H,22,26)/t12-/m0/s1. The minimum atomic E-state index is -1.27. The molecule has 28 heavy (non-hydrogen) atoms. The molecule has 0 radical (unpaired) electrons. The molecule has 2 aromatic carbocycles. The third-order valence-corrected chi connectivity index (χ3v) is 3.80. The summed E-state index contributed by atoms with van der Waals surface area (Å²) in [5, 5.41) is 10.4. The summed E-state index contributed by atoms with van der Waals surface area (Å²) in [6, 6.07) is 11.6. The number of esters is 1. The summed E-state index contributed by atoms with van der Waals surface area (Å²) in [6.45, 7) is 2.89. The second-order valence-electron chi connectivity index (χ2n) is 5.92. The van der Waals surface area contributed by atoms with Gasteiger partial charge >= 0.3 is 5.97 Å². The fraction of sp³-hybridized carbons (Fsp3) is 0.158. The van der Waals surface area contributed by atoms with E-state index in [-0.39, 0.29) is 11.4 Å². The number of hydrogen-bond donors (Lipinski definition) is 1. The molecule has 0 bridgehead atoms. The van der Waals surface area contributed by atoms with Crippen LogP contribution in [0, 0.1) is 18.6 Å². The van der Waals surface area contributed by atoms with Crippen molar-refractivity contribution in [3.8, 4) is 5.69 Å². The summed E-state index contributed by atoms with van der Waals surface area (Å²) in [4.78, 5) is 25.8. The smallest absolute Gasteiger partial charge is 0.361 e. The lowest BCUT2D eigenvalue weighted by Crippen LogP contribution is -2.30. The van der Waals surface area contributed by atoms with Crippen LogP contribution < -0.4 is 5.32 Å². The van der Waals surface area contributed by atoms with Gasteiger partial charge in [-0.05, 0) is 38.1 Å². The maximum Gasteiger partial charge on any atom is 0.361 e. The number of benzene rings is 2. The van der Waals surface area contributed by atoms with E-state index >= 15 is 0 Å². The zero-order valence-electron chi connectivity index (χ0n) is 15.0. The minimum Gasteiger partial charge on any atom is -0.448 e. The Morgan fingerprint density at radius 3 is 2.54 bits per heavy atom. The SMILES string of the molecule is Cc1nn(-c2ccccc2)nc1C(=O)O[C@@H](C)C(=O)Nc1cc(F)ccc1F. The molecule has 3 rings (SSSR count). The normalized spacial score (nSPS) is 11.7. The van der Waals surface area contributed by atoms with Gasteiger partial charge in [0.2, 0.25) is 0 Å². The van der Waals surface area contributed by atoms with Gasteiger partial charge < -0.3 is 10.1 Å². The molecule has 7 nitrogen and oxygen atoms in total. The van der Waals surface area contributed by atoms with Crippen LogP contribution in [0.25, 0.3) is 5.69 Å². The Morgan fingerprint density at radius 2 is 1.82 bits per heavy atom. The van der Waals surface area contributed by atoms with Crippen molar-refractivity contribution < 1.29 is 23.1 Å². The number of rotatable bonds is 5. The highest BCUT2D eigenvalue weighted by Gasteiger charge is 2.24. The molecule has 1 N–H and O–H groups in total. The largest absolute Gasteiger partial charge is 0.448 e. The van der Waals surface area contributed by atoms with Gasteiger partial charge in [-0.3, -0.25) is 4.79 Å². The first-order valence-electron chi connectivity index (χ1n) is 8.31.